The molecule has 98 valence electrons. The van der Waals surface area contributed by atoms with Crippen LogP contribution in [0.25, 0.3) is 0 Å². The van der Waals surface area contributed by atoms with E-state index >= 15 is 0 Å². The second-order valence-corrected chi connectivity index (χ2v) is 5.84. The fraction of sp³-hybridized carbons (Fsp3) is 0.533. The number of aryl methyl sites for hydroxylation is 1. The van der Waals surface area contributed by atoms with E-state index in [9.17, 15) is 4.79 Å². The molecule has 0 saturated carbocycles. The van der Waals surface area contributed by atoms with Gasteiger partial charge in [0.2, 0.25) is 0 Å². The van der Waals surface area contributed by atoms with Crippen LogP contribution in [0.3, 0.4) is 0 Å². The van der Waals surface area contributed by atoms with E-state index in [1.807, 2.05) is 18.2 Å². The first-order valence-corrected chi connectivity index (χ1v) is 6.80. The Bertz CT molecular complexity index is 462. The maximum atomic E-state index is 12.2. The molecule has 0 aromatic heterocycles. The summed E-state index contributed by atoms with van der Waals surface area (Å²) in [5.41, 5.74) is 1.95. The molecule has 3 heteroatoms. The summed E-state index contributed by atoms with van der Waals surface area (Å²) in [6.45, 7) is 5.71. The van der Waals surface area contributed by atoms with Gasteiger partial charge in [0.15, 0.2) is 0 Å². The number of benzene rings is 1. The average Bonchev–Trinajstić information content (AvgIpc) is 2.33. The van der Waals surface area contributed by atoms with Gasteiger partial charge < -0.3 is 4.90 Å². The first kappa shape index (κ1) is 13.6. The van der Waals surface area contributed by atoms with Crippen LogP contribution < -0.4 is 0 Å². The van der Waals surface area contributed by atoms with E-state index in [2.05, 4.69) is 18.9 Å². The molecule has 1 aromatic carbocycles. The lowest BCUT2D eigenvalue weighted by molar-refractivity contribution is -0.124. The maximum Gasteiger partial charge on any atom is 0.140 e. The predicted octanol–water partition coefficient (Wildman–Crippen LogP) is 3.20. The minimum atomic E-state index is -0.332. The number of nitrogens with zero attached hydrogens (tertiary/aromatic N) is 1. The Hall–Kier alpha value is -0.860. The lowest BCUT2D eigenvalue weighted by atomic mass is 9.69. The van der Waals surface area contributed by atoms with Crippen LogP contribution in [0.1, 0.15) is 30.9 Å². The van der Waals surface area contributed by atoms with Crippen LogP contribution in [0.5, 0.6) is 0 Å². The highest BCUT2D eigenvalue weighted by atomic mass is 35.5. The average molecular weight is 266 g/mol. The number of carbonyl (C=O) groups excluding carboxylic acids is 1. The van der Waals surface area contributed by atoms with E-state index in [4.69, 9.17) is 11.6 Å². The number of ketones is 1. The second-order valence-electron chi connectivity index (χ2n) is 5.40. The number of Topliss-reactive ketones (excluding diaryl/α,β-unsaturated/α-hetero) is 1. The van der Waals surface area contributed by atoms with Gasteiger partial charge in [0.25, 0.3) is 0 Å². The number of hydrogen-bond acceptors (Lipinski definition) is 2. The highest BCUT2D eigenvalue weighted by Gasteiger charge is 2.40. The van der Waals surface area contributed by atoms with Gasteiger partial charge in [-0.2, -0.15) is 0 Å². The summed E-state index contributed by atoms with van der Waals surface area (Å²) in [7, 11) is 2.11. The molecule has 0 aliphatic carbocycles. The molecule has 0 amide bonds. The van der Waals surface area contributed by atoms with E-state index in [0.29, 0.717) is 0 Å². The van der Waals surface area contributed by atoms with Crippen molar-refractivity contribution in [2.24, 2.45) is 0 Å². The summed E-state index contributed by atoms with van der Waals surface area (Å²) in [6.07, 6.45) is 1.78. The molecule has 1 saturated heterocycles. The lowest BCUT2D eigenvalue weighted by Gasteiger charge is -2.40. The van der Waals surface area contributed by atoms with Gasteiger partial charge in [-0.25, -0.2) is 0 Å². The third kappa shape index (κ3) is 2.32. The zero-order chi connectivity index (χ0) is 13.3. The molecule has 0 spiro atoms. The Kier molecular flexibility index (Phi) is 3.79. The lowest BCUT2D eigenvalue weighted by Crippen LogP contribution is -2.45. The third-order valence-corrected chi connectivity index (χ3v) is 4.46. The zero-order valence-corrected chi connectivity index (χ0v) is 12.0. The number of halogens is 1. The Balaban J connectivity index is 2.47. The molecule has 0 radical (unpaired) electrons. The van der Waals surface area contributed by atoms with Crippen LogP contribution in [0.2, 0.25) is 5.02 Å². The summed E-state index contributed by atoms with van der Waals surface area (Å²) < 4.78 is 0. The second kappa shape index (κ2) is 5.02. The summed E-state index contributed by atoms with van der Waals surface area (Å²) in [5.74, 6) is 0.265. The highest BCUT2D eigenvalue weighted by molar-refractivity contribution is 6.30. The molecule has 2 nitrogen and oxygen atoms in total. The summed E-state index contributed by atoms with van der Waals surface area (Å²) in [6, 6.07) is 5.88. The van der Waals surface area contributed by atoms with Crippen molar-refractivity contribution in [2.75, 3.05) is 20.1 Å². The largest absolute Gasteiger partial charge is 0.306 e. The molecule has 1 heterocycles. The fourth-order valence-corrected chi connectivity index (χ4v) is 3.09. The molecule has 1 aliphatic heterocycles. The zero-order valence-electron chi connectivity index (χ0n) is 11.3. The van der Waals surface area contributed by atoms with Crippen LogP contribution in [-0.4, -0.2) is 30.8 Å². The van der Waals surface area contributed by atoms with Crippen molar-refractivity contribution in [3.63, 3.8) is 0 Å². The first-order valence-electron chi connectivity index (χ1n) is 6.42. The van der Waals surface area contributed by atoms with E-state index in [1.165, 1.54) is 5.56 Å². The quantitative estimate of drug-likeness (QED) is 0.819. The topological polar surface area (TPSA) is 20.3 Å². The van der Waals surface area contributed by atoms with Gasteiger partial charge in [0.05, 0.1) is 5.41 Å². The van der Waals surface area contributed by atoms with Gasteiger partial charge in [0.1, 0.15) is 5.78 Å². The van der Waals surface area contributed by atoms with E-state index in [1.54, 1.807) is 6.92 Å². The van der Waals surface area contributed by atoms with Gasteiger partial charge in [-0.05, 0) is 70.1 Å². The molecule has 0 atom stereocenters. The molecular formula is C15H20ClNO. The summed E-state index contributed by atoms with van der Waals surface area (Å²) in [5, 5.41) is 0.718. The summed E-state index contributed by atoms with van der Waals surface area (Å²) in [4.78, 5) is 14.5. The smallest absolute Gasteiger partial charge is 0.140 e. The molecular weight excluding hydrogens is 246 g/mol. The van der Waals surface area contributed by atoms with Crippen molar-refractivity contribution in [1.82, 2.24) is 4.90 Å². The number of likely N-dealkylation sites (tertiary alicyclic amines) is 1. The van der Waals surface area contributed by atoms with Crippen LogP contribution in [0, 0.1) is 6.92 Å². The molecule has 18 heavy (non-hydrogen) atoms. The van der Waals surface area contributed by atoms with Crippen molar-refractivity contribution < 1.29 is 4.79 Å². The van der Waals surface area contributed by atoms with Crippen LogP contribution in [0.4, 0.5) is 0 Å². The van der Waals surface area contributed by atoms with E-state index in [-0.39, 0.29) is 11.2 Å². The van der Waals surface area contributed by atoms with Crippen molar-refractivity contribution >= 4 is 17.4 Å². The van der Waals surface area contributed by atoms with Gasteiger partial charge in [-0.3, -0.25) is 4.79 Å². The number of carbonyl (C=O) groups is 1. The van der Waals surface area contributed by atoms with Crippen LogP contribution in [-0.2, 0) is 10.2 Å². The molecule has 0 bridgehead atoms. The maximum absolute atomic E-state index is 12.2. The SMILES string of the molecule is CC(=O)C1(c2cc(Cl)ccc2C)CCN(C)CC1. The Morgan fingerprint density at radius 2 is 1.94 bits per heavy atom. The van der Waals surface area contributed by atoms with Crippen LogP contribution in [0.15, 0.2) is 18.2 Å². The monoisotopic (exact) mass is 265 g/mol. The highest BCUT2D eigenvalue weighted by Crippen LogP contribution is 2.38. The number of hydrogen-bond donors (Lipinski definition) is 0. The van der Waals surface area contributed by atoms with Crippen molar-refractivity contribution in [2.45, 2.75) is 32.1 Å². The van der Waals surface area contributed by atoms with Crippen molar-refractivity contribution in [3.05, 3.63) is 34.3 Å². The predicted molar refractivity (Wildman–Crippen MR) is 75.3 cm³/mol. The van der Waals surface area contributed by atoms with E-state index < -0.39 is 0 Å². The minimum absolute atomic E-state index is 0.265. The number of rotatable bonds is 2. The van der Waals surface area contributed by atoms with Gasteiger partial charge in [-0.1, -0.05) is 17.7 Å². The Labute approximate surface area is 114 Å². The van der Waals surface area contributed by atoms with Crippen LogP contribution >= 0.6 is 11.6 Å². The van der Waals surface area contributed by atoms with Gasteiger partial charge in [0, 0.05) is 5.02 Å². The molecule has 1 aliphatic rings. The van der Waals surface area contributed by atoms with Gasteiger partial charge in [-0.15, -0.1) is 0 Å². The minimum Gasteiger partial charge on any atom is -0.306 e. The fourth-order valence-electron chi connectivity index (χ4n) is 2.92. The first-order chi connectivity index (χ1) is 8.45. The summed E-state index contributed by atoms with van der Waals surface area (Å²) >= 11 is 6.11. The molecule has 2 rings (SSSR count). The molecule has 1 aromatic rings. The number of piperidine rings is 1. The van der Waals surface area contributed by atoms with Crippen molar-refractivity contribution in [1.29, 1.82) is 0 Å². The molecule has 0 unspecified atom stereocenters. The molecule has 0 N–H and O–H groups in total. The van der Waals surface area contributed by atoms with E-state index in [0.717, 1.165) is 36.5 Å². The van der Waals surface area contributed by atoms with Gasteiger partial charge >= 0.3 is 0 Å². The Morgan fingerprint density at radius 1 is 1.33 bits per heavy atom. The van der Waals surface area contributed by atoms with Crippen molar-refractivity contribution in [3.8, 4) is 0 Å². The molecule has 1 fully saturated rings. The standard InChI is InChI=1S/C15H20ClNO/c1-11-4-5-13(16)10-14(11)15(12(2)18)6-8-17(3)9-7-15/h4-5,10H,6-9H2,1-3H3. The normalized spacial score (nSPS) is 19.8. The Morgan fingerprint density at radius 3 is 2.50 bits per heavy atom. The third-order valence-electron chi connectivity index (χ3n) is 4.23.